The lowest BCUT2D eigenvalue weighted by molar-refractivity contribution is 0.111. The van der Waals surface area contributed by atoms with E-state index >= 15 is 0 Å². The van der Waals surface area contributed by atoms with Crippen molar-refractivity contribution in [2.45, 2.75) is 65.2 Å². The predicted molar refractivity (Wildman–Crippen MR) is 95.3 cm³/mol. The van der Waals surface area contributed by atoms with Crippen LogP contribution in [0.5, 0.6) is 0 Å². The molecule has 128 valence electrons. The van der Waals surface area contributed by atoms with Crippen LogP contribution < -0.4 is 0 Å². The van der Waals surface area contributed by atoms with Gasteiger partial charge in [-0.3, -0.25) is 9.59 Å². The molecular formula is C20H26N2O2. The number of hydrogen-bond donors (Lipinski definition) is 2. The number of rotatable bonds is 4. The molecule has 2 aromatic rings. The maximum absolute atomic E-state index is 11.2. The SMILES string of the molecule is Cc1c(C=O)[nH]c(C2CCCC(c3[nH]c(C=O)c(C)c3C)C2)c1C. The molecule has 4 nitrogen and oxygen atoms in total. The first kappa shape index (κ1) is 16.7. The lowest BCUT2D eigenvalue weighted by Gasteiger charge is -2.29. The molecule has 0 amide bonds. The molecule has 2 N–H and O–H groups in total. The Kier molecular flexibility index (Phi) is 4.48. The Bertz CT molecular complexity index is 718. The van der Waals surface area contributed by atoms with Crippen LogP contribution in [0.15, 0.2) is 0 Å². The summed E-state index contributed by atoms with van der Waals surface area (Å²) in [5, 5.41) is 0. The van der Waals surface area contributed by atoms with Gasteiger partial charge in [0.1, 0.15) is 0 Å². The molecule has 0 spiro atoms. The number of carbonyl (C=O) groups is 2. The van der Waals surface area contributed by atoms with Crippen LogP contribution in [0.2, 0.25) is 0 Å². The quantitative estimate of drug-likeness (QED) is 0.804. The third kappa shape index (κ3) is 2.64. The molecule has 2 heterocycles. The molecule has 2 aromatic heterocycles. The maximum Gasteiger partial charge on any atom is 0.166 e. The van der Waals surface area contributed by atoms with Crippen molar-refractivity contribution in [2.24, 2.45) is 0 Å². The third-order valence-electron chi connectivity index (χ3n) is 6.01. The van der Waals surface area contributed by atoms with Crippen LogP contribution in [0, 0.1) is 27.7 Å². The van der Waals surface area contributed by atoms with E-state index < -0.39 is 0 Å². The average Bonchev–Trinajstić information content (AvgIpc) is 3.05. The predicted octanol–water partition coefficient (Wildman–Crippen LogP) is 4.64. The molecule has 2 atom stereocenters. The Hall–Kier alpha value is -2.10. The van der Waals surface area contributed by atoms with Crippen LogP contribution in [0.1, 0.15) is 92.1 Å². The second-order valence-corrected chi connectivity index (χ2v) is 7.20. The lowest BCUT2D eigenvalue weighted by atomic mass is 9.77. The molecule has 2 unspecified atom stereocenters. The van der Waals surface area contributed by atoms with Gasteiger partial charge < -0.3 is 9.97 Å². The summed E-state index contributed by atoms with van der Waals surface area (Å²) in [7, 11) is 0. The van der Waals surface area contributed by atoms with E-state index in [0.717, 1.165) is 49.4 Å². The van der Waals surface area contributed by atoms with Crippen LogP contribution >= 0.6 is 0 Å². The molecule has 24 heavy (non-hydrogen) atoms. The van der Waals surface area contributed by atoms with E-state index in [1.54, 1.807) is 0 Å². The first-order valence-corrected chi connectivity index (χ1v) is 8.76. The summed E-state index contributed by atoms with van der Waals surface area (Å²) in [5.41, 5.74) is 8.42. The van der Waals surface area contributed by atoms with Crippen molar-refractivity contribution in [1.82, 2.24) is 9.97 Å². The van der Waals surface area contributed by atoms with E-state index in [4.69, 9.17) is 0 Å². The van der Waals surface area contributed by atoms with Crippen LogP contribution in [-0.2, 0) is 0 Å². The van der Waals surface area contributed by atoms with Gasteiger partial charge in [-0.2, -0.15) is 0 Å². The second kappa shape index (κ2) is 6.42. The van der Waals surface area contributed by atoms with Crippen molar-refractivity contribution in [3.05, 3.63) is 45.0 Å². The Labute approximate surface area is 143 Å². The number of carbonyl (C=O) groups excluding carboxylic acids is 2. The van der Waals surface area contributed by atoms with Gasteiger partial charge in [-0.15, -0.1) is 0 Å². The summed E-state index contributed by atoms with van der Waals surface area (Å²) in [5.74, 6) is 0.887. The highest BCUT2D eigenvalue weighted by molar-refractivity contribution is 5.76. The van der Waals surface area contributed by atoms with Crippen molar-refractivity contribution in [3.63, 3.8) is 0 Å². The monoisotopic (exact) mass is 326 g/mol. The van der Waals surface area contributed by atoms with Crippen LogP contribution in [0.4, 0.5) is 0 Å². The molecule has 1 aliphatic rings. The van der Waals surface area contributed by atoms with E-state index in [0.29, 0.717) is 23.2 Å². The normalized spacial score (nSPS) is 21.0. The average molecular weight is 326 g/mol. The zero-order valence-corrected chi connectivity index (χ0v) is 15.0. The van der Waals surface area contributed by atoms with Crippen LogP contribution in [-0.4, -0.2) is 22.5 Å². The minimum Gasteiger partial charge on any atom is -0.356 e. The molecular weight excluding hydrogens is 300 g/mol. The molecule has 0 aliphatic heterocycles. The van der Waals surface area contributed by atoms with E-state index in [-0.39, 0.29) is 0 Å². The van der Waals surface area contributed by atoms with Gasteiger partial charge in [-0.25, -0.2) is 0 Å². The second-order valence-electron chi connectivity index (χ2n) is 7.20. The fourth-order valence-electron chi connectivity index (χ4n) is 4.24. The van der Waals surface area contributed by atoms with Crippen molar-refractivity contribution >= 4 is 12.6 Å². The molecule has 1 fully saturated rings. The number of aromatic amines is 2. The molecule has 0 radical (unpaired) electrons. The topological polar surface area (TPSA) is 65.7 Å². The standard InChI is InChI=1S/C20H26N2O2/c1-11-13(3)19(21-17(11)9-23)15-6-5-7-16(8-15)20-14(4)12(2)18(10-24)22-20/h9-10,15-16,21-22H,5-8H2,1-4H3. The number of aromatic nitrogens is 2. The fraction of sp³-hybridized carbons (Fsp3) is 0.500. The summed E-state index contributed by atoms with van der Waals surface area (Å²) < 4.78 is 0. The van der Waals surface area contributed by atoms with Crippen molar-refractivity contribution in [1.29, 1.82) is 0 Å². The molecule has 0 saturated heterocycles. The molecule has 1 aliphatic carbocycles. The Balaban J connectivity index is 1.90. The van der Waals surface area contributed by atoms with E-state index in [1.807, 2.05) is 13.8 Å². The van der Waals surface area contributed by atoms with Gasteiger partial charge in [0.05, 0.1) is 11.4 Å². The minimum atomic E-state index is 0.443. The Morgan fingerprint density at radius 3 is 1.50 bits per heavy atom. The fourth-order valence-corrected chi connectivity index (χ4v) is 4.24. The summed E-state index contributed by atoms with van der Waals surface area (Å²) >= 11 is 0. The molecule has 0 bridgehead atoms. The van der Waals surface area contributed by atoms with E-state index in [1.165, 1.54) is 22.5 Å². The van der Waals surface area contributed by atoms with Gasteiger partial charge in [-0.05, 0) is 81.0 Å². The van der Waals surface area contributed by atoms with Crippen LogP contribution in [0.25, 0.3) is 0 Å². The first-order valence-electron chi connectivity index (χ1n) is 8.76. The Morgan fingerprint density at radius 2 is 1.17 bits per heavy atom. The van der Waals surface area contributed by atoms with Gasteiger partial charge >= 0.3 is 0 Å². The van der Waals surface area contributed by atoms with Gasteiger partial charge in [0.15, 0.2) is 12.6 Å². The first-order chi connectivity index (χ1) is 11.5. The highest BCUT2D eigenvalue weighted by atomic mass is 16.1. The molecule has 4 heteroatoms. The number of nitrogens with one attached hydrogen (secondary N) is 2. The maximum atomic E-state index is 11.2. The summed E-state index contributed by atoms with van der Waals surface area (Å²) in [6.07, 6.45) is 6.35. The zero-order chi connectivity index (χ0) is 17.4. The van der Waals surface area contributed by atoms with Crippen molar-refractivity contribution in [3.8, 4) is 0 Å². The molecule has 3 rings (SSSR count). The summed E-state index contributed by atoms with van der Waals surface area (Å²) in [6.45, 7) is 8.22. The van der Waals surface area contributed by atoms with Gasteiger partial charge in [0.2, 0.25) is 0 Å². The van der Waals surface area contributed by atoms with E-state index in [2.05, 4.69) is 23.8 Å². The van der Waals surface area contributed by atoms with Gasteiger partial charge in [-0.1, -0.05) is 6.42 Å². The molecule has 1 saturated carbocycles. The summed E-state index contributed by atoms with van der Waals surface area (Å²) in [6, 6.07) is 0. The number of aldehydes is 2. The van der Waals surface area contributed by atoms with E-state index in [9.17, 15) is 9.59 Å². The lowest BCUT2D eigenvalue weighted by Crippen LogP contribution is -2.15. The van der Waals surface area contributed by atoms with Crippen molar-refractivity contribution < 1.29 is 9.59 Å². The Morgan fingerprint density at radius 1 is 0.750 bits per heavy atom. The summed E-state index contributed by atoms with van der Waals surface area (Å²) in [4.78, 5) is 29.1. The number of hydrogen-bond acceptors (Lipinski definition) is 2. The molecule has 0 aromatic carbocycles. The van der Waals surface area contributed by atoms with Crippen molar-refractivity contribution in [2.75, 3.05) is 0 Å². The minimum absolute atomic E-state index is 0.443. The van der Waals surface area contributed by atoms with Gasteiger partial charge in [0, 0.05) is 11.4 Å². The number of H-pyrrole nitrogens is 2. The highest BCUT2D eigenvalue weighted by Gasteiger charge is 2.29. The largest absolute Gasteiger partial charge is 0.356 e. The van der Waals surface area contributed by atoms with Crippen LogP contribution in [0.3, 0.4) is 0 Å². The van der Waals surface area contributed by atoms with Gasteiger partial charge in [0.25, 0.3) is 0 Å². The smallest absolute Gasteiger partial charge is 0.166 e. The zero-order valence-electron chi connectivity index (χ0n) is 15.0. The third-order valence-corrected chi connectivity index (χ3v) is 6.01. The highest BCUT2D eigenvalue weighted by Crippen LogP contribution is 2.43.